The number of nitrogens with one attached hydrogen (secondary N) is 1. The maximum Gasteiger partial charge on any atom is 0.220 e. The summed E-state index contributed by atoms with van der Waals surface area (Å²) in [6.07, 6.45) is 45.9. The van der Waals surface area contributed by atoms with Crippen molar-refractivity contribution in [2.45, 2.75) is 331 Å². The number of allylic oxidation sites excluding steroid dienone is 7. The summed E-state index contributed by atoms with van der Waals surface area (Å²) in [4.78, 5) is 13.3. The molecule has 0 aliphatic carbocycles. The normalized spacial score (nSPS) is 24.8. The van der Waals surface area contributed by atoms with Gasteiger partial charge in [-0.2, -0.15) is 0 Å². The summed E-state index contributed by atoms with van der Waals surface area (Å²) in [5.74, 6) is -0.247. The van der Waals surface area contributed by atoms with Crippen LogP contribution in [0.25, 0.3) is 0 Å². The van der Waals surface area contributed by atoms with Gasteiger partial charge in [-0.3, -0.25) is 4.79 Å². The van der Waals surface area contributed by atoms with Gasteiger partial charge >= 0.3 is 0 Å². The number of ether oxygens (including phenoxy) is 4. The Hall–Kier alpha value is -2.05. The molecule has 2 fully saturated rings. The van der Waals surface area contributed by atoms with Gasteiger partial charge in [0.15, 0.2) is 12.6 Å². The summed E-state index contributed by atoms with van der Waals surface area (Å²) in [6, 6.07) is -0.931. The van der Waals surface area contributed by atoms with E-state index in [9.17, 15) is 45.6 Å². The molecule has 12 atom stereocenters. The molecule has 0 saturated carbocycles. The first kappa shape index (κ1) is 72.1. The molecule has 2 saturated heterocycles. The molecular weight excluding hydrogens is 991 g/mol. The molecule has 0 spiro atoms. The molecule has 1 amide bonds. The zero-order chi connectivity index (χ0) is 56.7. The van der Waals surface area contributed by atoms with Crippen LogP contribution in [-0.2, 0) is 23.7 Å². The van der Waals surface area contributed by atoms with Crippen molar-refractivity contribution in [2.75, 3.05) is 19.8 Å². The van der Waals surface area contributed by atoms with Crippen LogP contribution in [0.1, 0.15) is 258 Å². The van der Waals surface area contributed by atoms with Crippen LogP contribution in [0.3, 0.4) is 0 Å². The number of aliphatic hydroxyl groups excluding tert-OH is 8. The lowest BCUT2D eigenvalue weighted by Crippen LogP contribution is -2.65. The second-order valence-corrected chi connectivity index (χ2v) is 22.5. The molecule has 0 aromatic heterocycles. The lowest BCUT2D eigenvalue weighted by atomic mass is 9.97. The van der Waals surface area contributed by atoms with Gasteiger partial charge in [-0.25, -0.2) is 0 Å². The number of carbonyl (C=O) groups is 1. The van der Waals surface area contributed by atoms with E-state index in [1.165, 1.54) is 186 Å². The molecule has 78 heavy (non-hydrogen) atoms. The van der Waals surface area contributed by atoms with Crippen molar-refractivity contribution >= 4 is 5.91 Å². The van der Waals surface area contributed by atoms with E-state index in [4.69, 9.17) is 18.9 Å². The molecule has 9 N–H and O–H groups in total. The number of amides is 1. The number of hydrogen-bond donors (Lipinski definition) is 9. The van der Waals surface area contributed by atoms with Crippen molar-refractivity contribution in [1.82, 2.24) is 5.32 Å². The van der Waals surface area contributed by atoms with E-state index in [2.05, 4.69) is 55.6 Å². The minimum atomic E-state index is -1.79. The third-order valence-electron chi connectivity index (χ3n) is 15.5. The minimum absolute atomic E-state index is 0.247. The topological polar surface area (TPSA) is 228 Å². The van der Waals surface area contributed by atoms with Gasteiger partial charge in [-0.1, -0.05) is 236 Å². The molecule has 456 valence electrons. The van der Waals surface area contributed by atoms with Crippen molar-refractivity contribution in [3.8, 4) is 0 Å². The molecule has 2 aliphatic rings. The average molecular weight is 1110 g/mol. The molecule has 12 unspecified atom stereocenters. The predicted octanol–water partition coefficient (Wildman–Crippen LogP) is 11.6. The minimum Gasteiger partial charge on any atom is -0.394 e. The van der Waals surface area contributed by atoms with E-state index in [1.54, 1.807) is 6.08 Å². The van der Waals surface area contributed by atoms with Gasteiger partial charge in [0.1, 0.15) is 48.8 Å². The molecule has 0 bridgehead atoms. The van der Waals surface area contributed by atoms with Crippen LogP contribution in [0.4, 0.5) is 0 Å². The van der Waals surface area contributed by atoms with E-state index >= 15 is 0 Å². The highest BCUT2D eigenvalue weighted by molar-refractivity contribution is 5.76. The zero-order valence-corrected chi connectivity index (χ0v) is 49.2. The fourth-order valence-corrected chi connectivity index (χ4v) is 10.3. The molecule has 0 aromatic carbocycles. The van der Waals surface area contributed by atoms with Gasteiger partial charge in [0.25, 0.3) is 0 Å². The summed E-state index contributed by atoms with van der Waals surface area (Å²) in [5.41, 5.74) is 0. The smallest absolute Gasteiger partial charge is 0.220 e. The Morgan fingerprint density at radius 2 is 0.859 bits per heavy atom. The summed E-state index contributed by atoms with van der Waals surface area (Å²) in [6.45, 7) is 2.78. The lowest BCUT2D eigenvalue weighted by molar-refractivity contribution is -0.359. The first-order chi connectivity index (χ1) is 38.1. The highest BCUT2D eigenvalue weighted by Gasteiger charge is 2.51. The van der Waals surface area contributed by atoms with Crippen LogP contribution in [0.15, 0.2) is 48.6 Å². The Labute approximate surface area is 473 Å². The molecule has 0 aromatic rings. The molecule has 2 heterocycles. The van der Waals surface area contributed by atoms with E-state index in [0.717, 1.165) is 38.5 Å². The summed E-state index contributed by atoms with van der Waals surface area (Å²) in [5, 5.41) is 87.1. The highest BCUT2D eigenvalue weighted by atomic mass is 16.7. The van der Waals surface area contributed by atoms with Gasteiger partial charge in [-0.15, -0.1) is 0 Å². The van der Waals surface area contributed by atoms with Crippen molar-refractivity contribution in [2.24, 2.45) is 0 Å². The van der Waals surface area contributed by atoms with Gasteiger partial charge < -0.3 is 65.1 Å². The molecule has 14 heteroatoms. The van der Waals surface area contributed by atoms with E-state index in [1.807, 2.05) is 6.08 Å². The van der Waals surface area contributed by atoms with Crippen LogP contribution >= 0.6 is 0 Å². The first-order valence-corrected chi connectivity index (χ1v) is 31.9. The first-order valence-electron chi connectivity index (χ1n) is 31.9. The number of hydrogen-bond acceptors (Lipinski definition) is 13. The number of aliphatic hydroxyl groups is 8. The fraction of sp³-hybridized carbons (Fsp3) is 0.859. The number of unbranched alkanes of at least 4 members (excludes halogenated alkanes) is 32. The molecule has 2 rings (SSSR count). The fourth-order valence-electron chi connectivity index (χ4n) is 10.3. The quantitative estimate of drug-likeness (QED) is 0.0204. The number of carbonyl (C=O) groups excluding carboxylic acids is 1. The van der Waals surface area contributed by atoms with Crippen molar-refractivity contribution in [1.29, 1.82) is 0 Å². The summed E-state index contributed by atoms with van der Waals surface area (Å²) in [7, 11) is 0. The summed E-state index contributed by atoms with van der Waals surface area (Å²) < 4.78 is 22.8. The second-order valence-electron chi connectivity index (χ2n) is 22.5. The molecule has 14 nitrogen and oxygen atoms in total. The standard InChI is InChI=1S/C64H117NO13/c1-3-5-7-9-11-13-15-17-19-20-21-22-23-24-25-26-27-28-29-30-31-32-34-36-38-40-42-44-46-48-56(69)65-52(53(68)47-45-43-41-39-37-35-33-18-16-14-12-10-8-6-4-2)51-75-63-61(74)59(72)62(55(50-67)77-63)78-64-60(73)58(71)57(70)54(49-66)76-64/h15,17,20-21,37,39,45,47,52-55,57-64,66-68,70-74H,3-14,16,18-19,22-36,38,40-44,46,48-51H2,1-2H3,(H,65,69)/b17-15-,21-20-,39-37+,47-45+. The third-order valence-corrected chi connectivity index (χ3v) is 15.5. The predicted molar refractivity (Wildman–Crippen MR) is 314 cm³/mol. The monoisotopic (exact) mass is 1110 g/mol. The lowest BCUT2D eigenvalue weighted by Gasteiger charge is -2.46. The van der Waals surface area contributed by atoms with E-state index in [-0.39, 0.29) is 18.9 Å². The average Bonchev–Trinajstić information content (AvgIpc) is 3.47. The zero-order valence-electron chi connectivity index (χ0n) is 49.2. The second kappa shape index (κ2) is 49.5. The van der Waals surface area contributed by atoms with Crippen molar-refractivity contribution in [3.05, 3.63) is 48.6 Å². The Kier molecular flexibility index (Phi) is 45.8. The van der Waals surface area contributed by atoms with Gasteiger partial charge in [0, 0.05) is 6.42 Å². The Bertz CT molecular complexity index is 1490. The van der Waals surface area contributed by atoms with E-state index < -0.39 is 86.8 Å². The van der Waals surface area contributed by atoms with Gasteiger partial charge in [0.2, 0.25) is 5.91 Å². The van der Waals surface area contributed by atoms with Gasteiger partial charge in [-0.05, 0) is 64.2 Å². The maximum absolute atomic E-state index is 13.3. The van der Waals surface area contributed by atoms with Crippen LogP contribution < -0.4 is 5.32 Å². The van der Waals surface area contributed by atoms with Crippen molar-refractivity contribution < 1.29 is 64.6 Å². The maximum atomic E-state index is 13.3. The van der Waals surface area contributed by atoms with Crippen LogP contribution in [0.5, 0.6) is 0 Å². The SMILES string of the molecule is CCCCCCC/C=C\C/C=C\CCCCCCCCCCCCCCCCCCCC(=O)NC(COC1OC(CO)C(OC2OC(CO)C(O)C(O)C2O)C(O)C1O)C(O)/C=C/CC/C=C/CCCCCCCCCCC. The van der Waals surface area contributed by atoms with Crippen LogP contribution in [-0.4, -0.2) is 140 Å². The third kappa shape index (κ3) is 34.4. The molecular formula is C64H117NO13. The highest BCUT2D eigenvalue weighted by Crippen LogP contribution is 2.30. The number of rotatable bonds is 51. The van der Waals surface area contributed by atoms with Crippen LogP contribution in [0, 0.1) is 0 Å². The largest absolute Gasteiger partial charge is 0.394 e. The van der Waals surface area contributed by atoms with Crippen molar-refractivity contribution in [3.63, 3.8) is 0 Å². The molecule has 0 radical (unpaired) electrons. The molecule has 2 aliphatic heterocycles. The Morgan fingerprint density at radius 3 is 1.33 bits per heavy atom. The Balaban J connectivity index is 1.69. The van der Waals surface area contributed by atoms with Crippen LogP contribution in [0.2, 0.25) is 0 Å². The summed E-state index contributed by atoms with van der Waals surface area (Å²) >= 11 is 0. The Morgan fingerprint density at radius 1 is 0.462 bits per heavy atom. The van der Waals surface area contributed by atoms with E-state index in [0.29, 0.717) is 12.8 Å². The van der Waals surface area contributed by atoms with Gasteiger partial charge in [0.05, 0.1) is 32.0 Å².